The summed E-state index contributed by atoms with van der Waals surface area (Å²) in [5, 5.41) is 8.86. The van der Waals surface area contributed by atoms with E-state index in [0.717, 1.165) is 16.6 Å². The number of carboxylic acids is 1. The molecule has 94 valence electrons. The molecule has 1 N–H and O–H groups in total. The minimum absolute atomic E-state index is 0.0139. The SMILES string of the molecule is C=CCN(CC(=O)O)Cc1cccc2nsnc12. The molecular weight excluding hydrogens is 250 g/mol. The van der Waals surface area contributed by atoms with E-state index in [-0.39, 0.29) is 6.54 Å². The van der Waals surface area contributed by atoms with Gasteiger partial charge in [-0.2, -0.15) is 8.75 Å². The summed E-state index contributed by atoms with van der Waals surface area (Å²) in [6.45, 7) is 4.68. The van der Waals surface area contributed by atoms with Crippen LogP contribution in [0.25, 0.3) is 11.0 Å². The lowest BCUT2D eigenvalue weighted by molar-refractivity contribution is -0.138. The summed E-state index contributed by atoms with van der Waals surface area (Å²) in [6, 6.07) is 5.75. The summed E-state index contributed by atoms with van der Waals surface area (Å²) in [7, 11) is 0. The molecule has 1 aromatic carbocycles. The number of rotatable bonds is 6. The highest BCUT2D eigenvalue weighted by Crippen LogP contribution is 2.18. The summed E-state index contributed by atoms with van der Waals surface area (Å²) in [4.78, 5) is 12.6. The van der Waals surface area contributed by atoms with E-state index in [4.69, 9.17) is 5.11 Å². The Balaban J connectivity index is 2.22. The Morgan fingerprint density at radius 3 is 3.06 bits per heavy atom. The highest BCUT2D eigenvalue weighted by molar-refractivity contribution is 7.00. The third kappa shape index (κ3) is 2.91. The molecule has 0 fully saturated rings. The Morgan fingerprint density at radius 1 is 1.50 bits per heavy atom. The van der Waals surface area contributed by atoms with Crippen LogP contribution in [0.1, 0.15) is 5.56 Å². The summed E-state index contributed by atoms with van der Waals surface area (Å²) in [5.41, 5.74) is 2.69. The van der Waals surface area contributed by atoms with Crippen molar-refractivity contribution in [1.82, 2.24) is 13.6 Å². The van der Waals surface area contributed by atoms with Crippen LogP contribution in [0.5, 0.6) is 0 Å². The summed E-state index contributed by atoms with van der Waals surface area (Å²) >= 11 is 1.17. The molecule has 0 amide bonds. The quantitative estimate of drug-likeness (QED) is 0.804. The monoisotopic (exact) mass is 263 g/mol. The van der Waals surface area contributed by atoms with Gasteiger partial charge < -0.3 is 5.11 Å². The first-order chi connectivity index (χ1) is 8.70. The number of carbonyl (C=O) groups is 1. The fraction of sp³-hybridized carbons (Fsp3) is 0.250. The minimum atomic E-state index is -0.847. The molecule has 0 saturated carbocycles. The number of aromatic nitrogens is 2. The third-order valence-electron chi connectivity index (χ3n) is 2.51. The number of hydrogen-bond acceptors (Lipinski definition) is 5. The van der Waals surface area contributed by atoms with Crippen LogP contribution in [0, 0.1) is 0 Å². The molecule has 1 aromatic heterocycles. The number of nitrogens with zero attached hydrogens (tertiary/aromatic N) is 3. The molecule has 5 nitrogen and oxygen atoms in total. The van der Waals surface area contributed by atoms with Crippen LogP contribution in [-0.4, -0.2) is 37.8 Å². The van der Waals surface area contributed by atoms with Crippen LogP contribution < -0.4 is 0 Å². The zero-order valence-corrected chi connectivity index (χ0v) is 10.6. The maximum absolute atomic E-state index is 10.8. The molecule has 6 heteroatoms. The molecule has 2 aromatic rings. The van der Waals surface area contributed by atoms with Gasteiger partial charge in [-0.15, -0.1) is 6.58 Å². The Morgan fingerprint density at radius 2 is 2.33 bits per heavy atom. The molecule has 0 unspecified atom stereocenters. The average Bonchev–Trinajstić information content (AvgIpc) is 2.77. The molecule has 0 saturated heterocycles. The first-order valence-electron chi connectivity index (χ1n) is 5.46. The molecule has 0 radical (unpaired) electrons. The van der Waals surface area contributed by atoms with E-state index < -0.39 is 5.97 Å². The molecule has 0 atom stereocenters. The average molecular weight is 263 g/mol. The van der Waals surface area contributed by atoms with Crippen LogP contribution in [0.4, 0.5) is 0 Å². The van der Waals surface area contributed by atoms with Gasteiger partial charge in [0.05, 0.1) is 18.3 Å². The Hall–Kier alpha value is -1.79. The van der Waals surface area contributed by atoms with Gasteiger partial charge in [-0.25, -0.2) is 0 Å². The molecule has 0 aliphatic heterocycles. The minimum Gasteiger partial charge on any atom is -0.480 e. The number of carboxylic acid groups (broad SMARTS) is 1. The van der Waals surface area contributed by atoms with E-state index in [1.165, 1.54) is 11.7 Å². The molecule has 2 rings (SSSR count). The van der Waals surface area contributed by atoms with Crippen molar-refractivity contribution in [3.63, 3.8) is 0 Å². The van der Waals surface area contributed by atoms with Gasteiger partial charge in [-0.05, 0) is 11.6 Å². The van der Waals surface area contributed by atoms with E-state index >= 15 is 0 Å². The van der Waals surface area contributed by atoms with Gasteiger partial charge in [-0.1, -0.05) is 18.2 Å². The molecule has 0 aliphatic rings. The first kappa shape index (κ1) is 12.7. The van der Waals surface area contributed by atoms with E-state index in [1.54, 1.807) is 11.0 Å². The largest absolute Gasteiger partial charge is 0.480 e. The second-order valence-corrected chi connectivity index (χ2v) is 4.43. The lowest BCUT2D eigenvalue weighted by atomic mass is 10.1. The maximum Gasteiger partial charge on any atom is 0.317 e. The zero-order valence-electron chi connectivity index (χ0n) is 9.74. The lowest BCUT2D eigenvalue weighted by Crippen LogP contribution is -2.29. The fourth-order valence-corrected chi connectivity index (χ4v) is 2.36. The van der Waals surface area contributed by atoms with Crippen molar-refractivity contribution in [3.8, 4) is 0 Å². The highest BCUT2D eigenvalue weighted by atomic mass is 32.1. The molecule has 0 aliphatic carbocycles. The number of fused-ring (bicyclic) bond motifs is 1. The summed E-state index contributed by atoms with van der Waals surface area (Å²) in [5.74, 6) is -0.847. The topological polar surface area (TPSA) is 66.3 Å². The van der Waals surface area contributed by atoms with Crippen molar-refractivity contribution in [2.24, 2.45) is 0 Å². The maximum atomic E-state index is 10.8. The lowest BCUT2D eigenvalue weighted by Gasteiger charge is -2.18. The second-order valence-electron chi connectivity index (χ2n) is 3.90. The van der Waals surface area contributed by atoms with Crippen LogP contribution in [0.2, 0.25) is 0 Å². The summed E-state index contributed by atoms with van der Waals surface area (Å²) < 4.78 is 8.41. The molecule has 18 heavy (non-hydrogen) atoms. The van der Waals surface area contributed by atoms with Crippen LogP contribution >= 0.6 is 11.7 Å². The number of benzene rings is 1. The van der Waals surface area contributed by atoms with Crippen molar-refractivity contribution in [2.75, 3.05) is 13.1 Å². The Kier molecular flexibility index (Phi) is 4.01. The van der Waals surface area contributed by atoms with Gasteiger partial charge >= 0.3 is 5.97 Å². The van der Waals surface area contributed by atoms with E-state index in [0.29, 0.717) is 13.1 Å². The summed E-state index contributed by atoms with van der Waals surface area (Å²) in [6.07, 6.45) is 1.70. The van der Waals surface area contributed by atoms with Crippen LogP contribution in [-0.2, 0) is 11.3 Å². The van der Waals surface area contributed by atoms with Crippen molar-refractivity contribution in [1.29, 1.82) is 0 Å². The van der Waals surface area contributed by atoms with Crippen LogP contribution in [0.15, 0.2) is 30.9 Å². The Bertz CT molecular complexity index is 567. The number of aliphatic carboxylic acids is 1. The van der Waals surface area contributed by atoms with E-state index in [1.807, 2.05) is 18.2 Å². The van der Waals surface area contributed by atoms with Gasteiger partial charge in [0, 0.05) is 13.1 Å². The smallest absolute Gasteiger partial charge is 0.317 e. The van der Waals surface area contributed by atoms with Gasteiger partial charge in [0.2, 0.25) is 0 Å². The van der Waals surface area contributed by atoms with Gasteiger partial charge in [0.1, 0.15) is 11.0 Å². The van der Waals surface area contributed by atoms with Crippen molar-refractivity contribution in [2.45, 2.75) is 6.54 Å². The highest BCUT2D eigenvalue weighted by Gasteiger charge is 2.12. The van der Waals surface area contributed by atoms with Crippen molar-refractivity contribution < 1.29 is 9.90 Å². The van der Waals surface area contributed by atoms with Crippen molar-refractivity contribution >= 4 is 28.7 Å². The molecule has 1 heterocycles. The molecule has 0 bridgehead atoms. The van der Waals surface area contributed by atoms with Crippen LogP contribution in [0.3, 0.4) is 0 Å². The second kappa shape index (κ2) is 5.70. The third-order valence-corrected chi connectivity index (χ3v) is 3.05. The Labute approximate surface area is 109 Å². The van der Waals surface area contributed by atoms with E-state index in [2.05, 4.69) is 15.3 Å². The normalized spacial score (nSPS) is 10.9. The van der Waals surface area contributed by atoms with Gasteiger partial charge in [0.25, 0.3) is 0 Å². The fourth-order valence-electron chi connectivity index (χ4n) is 1.79. The van der Waals surface area contributed by atoms with E-state index in [9.17, 15) is 4.79 Å². The predicted molar refractivity (Wildman–Crippen MR) is 70.5 cm³/mol. The first-order valence-corrected chi connectivity index (χ1v) is 6.19. The standard InChI is InChI=1S/C12H13N3O2S/c1-2-6-15(8-11(16)17)7-9-4-3-5-10-12(9)14-18-13-10/h2-5H,1,6-8H2,(H,16,17). The number of hydrogen-bond donors (Lipinski definition) is 1. The van der Waals surface area contributed by atoms with Gasteiger partial charge in [0.15, 0.2) is 0 Å². The van der Waals surface area contributed by atoms with Gasteiger partial charge in [-0.3, -0.25) is 9.69 Å². The predicted octanol–water partition coefficient (Wildman–Crippen LogP) is 1.76. The molecular formula is C12H13N3O2S. The zero-order chi connectivity index (χ0) is 13.0. The van der Waals surface area contributed by atoms with Crippen molar-refractivity contribution in [3.05, 3.63) is 36.4 Å². The molecule has 0 spiro atoms.